The van der Waals surface area contributed by atoms with Crippen molar-refractivity contribution < 1.29 is 4.79 Å². The van der Waals surface area contributed by atoms with Gasteiger partial charge in [0.15, 0.2) is 0 Å². The molecular formula is C15H13N3OS. The van der Waals surface area contributed by atoms with Crippen LogP contribution in [0.3, 0.4) is 0 Å². The molecule has 0 saturated heterocycles. The molecule has 2 heterocycles. The number of carbonyl (C=O) groups excluding carboxylic acids is 1. The summed E-state index contributed by atoms with van der Waals surface area (Å²) >= 11 is 1.35. The molecule has 1 aliphatic heterocycles. The Hall–Kier alpha value is -2.27. The highest BCUT2D eigenvalue weighted by atomic mass is 32.2. The fourth-order valence-electron chi connectivity index (χ4n) is 2.12. The first kappa shape index (κ1) is 12.7. The predicted molar refractivity (Wildman–Crippen MR) is 82.8 cm³/mol. The van der Waals surface area contributed by atoms with Crippen molar-refractivity contribution in [3.8, 4) is 0 Å². The number of anilines is 1. The summed E-state index contributed by atoms with van der Waals surface area (Å²) in [5.41, 5.74) is 8.23. The van der Waals surface area contributed by atoms with Crippen LogP contribution in [0.15, 0.2) is 58.7 Å². The van der Waals surface area contributed by atoms with E-state index in [1.165, 1.54) is 11.8 Å². The maximum atomic E-state index is 11.4. The van der Waals surface area contributed by atoms with Crippen molar-refractivity contribution in [2.24, 2.45) is 5.73 Å². The van der Waals surface area contributed by atoms with Crippen LogP contribution in [-0.4, -0.2) is 10.9 Å². The van der Waals surface area contributed by atoms with Crippen LogP contribution in [0.5, 0.6) is 0 Å². The molecule has 20 heavy (non-hydrogen) atoms. The second-order valence-electron chi connectivity index (χ2n) is 4.46. The number of benzene rings is 1. The third kappa shape index (κ3) is 2.16. The van der Waals surface area contributed by atoms with Gasteiger partial charge in [-0.15, -0.1) is 0 Å². The smallest absolute Gasteiger partial charge is 0.256 e. The van der Waals surface area contributed by atoms with Crippen LogP contribution in [0.1, 0.15) is 6.92 Å². The van der Waals surface area contributed by atoms with E-state index < -0.39 is 5.91 Å². The lowest BCUT2D eigenvalue weighted by Gasteiger charge is -2.26. The molecule has 0 aliphatic carbocycles. The van der Waals surface area contributed by atoms with E-state index in [0.717, 1.165) is 22.3 Å². The summed E-state index contributed by atoms with van der Waals surface area (Å²) in [5, 5.41) is 2.98. The van der Waals surface area contributed by atoms with Crippen LogP contribution in [0.4, 0.5) is 5.69 Å². The monoisotopic (exact) mass is 283 g/mol. The molecule has 2 N–H and O–H groups in total. The summed E-state index contributed by atoms with van der Waals surface area (Å²) in [7, 11) is 0. The molecule has 4 nitrogen and oxygen atoms in total. The minimum Gasteiger partial charge on any atom is -0.365 e. The van der Waals surface area contributed by atoms with E-state index in [-0.39, 0.29) is 0 Å². The Bertz CT molecular complexity index is 746. The van der Waals surface area contributed by atoms with E-state index in [1.54, 1.807) is 12.4 Å². The number of allylic oxidation sites excluding steroid dienone is 1. The van der Waals surface area contributed by atoms with Gasteiger partial charge in [0, 0.05) is 23.5 Å². The molecule has 0 saturated carbocycles. The number of fused-ring (bicyclic) bond motifs is 1. The first-order chi connectivity index (χ1) is 9.66. The number of hydrogen-bond acceptors (Lipinski definition) is 4. The Balaban J connectivity index is 2.16. The normalized spacial score (nSPS) is 14.9. The van der Waals surface area contributed by atoms with E-state index in [0.29, 0.717) is 4.91 Å². The zero-order chi connectivity index (χ0) is 14.1. The quantitative estimate of drug-likeness (QED) is 0.920. The Morgan fingerprint density at radius 2 is 2.10 bits per heavy atom. The van der Waals surface area contributed by atoms with Gasteiger partial charge in [0.2, 0.25) is 0 Å². The van der Waals surface area contributed by atoms with E-state index in [2.05, 4.69) is 4.98 Å². The number of carbonyl (C=O) groups is 1. The summed E-state index contributed by atoms with van der Waals surface area (Å²) in [4.78, 5) is 18.3. The summed E-state index contributed by atoms with van der Waals surface area (Å²) in [6.45, 7) is 1.99. The van der Waals surface area contributed by atoms with Gasteiger partial charge in [0.05, 0.1) is 16.1 Å². The van der Waals surface area contributed by atoms with E-state index in [9.17, 15) is 4.79 Å². The van der Waals surface area contributed by atoms with Crippen LogP contribution < -0.4 is 10.6 Å². The number of nitrogens with two attached hydrogens (primary N) is 1. The van der Waals surface area contributed by atoms with Crippen LogP contribution in [0.2, 0.25) is 0 Å². The number of primary amides is 1. The summed E-state index contributed by atoms with van der Waals surface area (Å²) < 4.78 is 0. The lowest BCUT2D eigenvalue weighted by atomic mass is 10.1. The van der Waals surface area contributed by atoms with Crippen LogP contribution in [0.25, 0.3) is 10.9 Å². The van der Waals surface area contributed by atoms with Gasteiger partial charge in [-0.05, 0) is 24.5 Å². The Labute approximate surface area is 121 Å². The van der Waals surface area contributed by atoms with Gasteiger partial charge in [-0.1, -0.05) is 30.0 Å². The summed E-state index contributed by atoms with van der Waals surface area (Å²) in [5.74, 6) is -0.419. The summed E-state index contributed by atoms with van der Waals surface area (Å²) in [6, 6.07) is 9.90. The maximum Gasteiger partial charge on any atom is 0.256 e. The predicted octanol–water partition coefficient (Wildman–Crippen LogP) is 2.98. The van der Waals surface area contributed by atoms with Gasteiger partial charge < -0.3 is 10.6 Å². The standard InChI is InChI=1S/C15H13N3OS/c1-10-9-20-13(15(16)19)8-18(10)12-6-2-4-11-5-3-7-17-14(11)12/h2-9H,1H3,(H2,16,19). The number of para-hydroxylation sites is 1. The first-order valence-corrected chi connectivity index (χ1v) is 7.03. The van der Waals surface area contributed by atoms with Crippen LogP contribution in [0, 0.1) is 0 Å². The van der Waals surface area contributed by atoms with Crippen molar-refractivity contribution in [1.29, 1.82) is 0 Å². The lowest BCUT2D eigenvalue weighted by molar-refractivity contribution is -0.113. The molecule has 0 spiro atoms. The topological polar surface area (TPSA) is 59.2 Å². The molecular weight excluding hydrogens is 270 g/mol. The van der Waals surface area contributed by atoms with Crippen molar-refractivity contribution in [2.75, 3.05) is 4.90 Å². The average molecular weight is 283 g/mol. The first-order valence-electron chi connectivity index (χ1n) is 6.15. The molecule has 0 fully saturated rings. The van der Waals surface area contributed by atoms with Crippen LogP contribution in [-0.2, 0) is 4.79 Å². The fourth-order valence-corrected chi connectivity index (χ4v) is 2.81. The highest BCUT2D eigenvalue weighted by Crippen LogP contribution is 2.34. The number of pyridine rings is 1. The van der Waals surface area contributed by atoms with Crippen molar-refractivity contribution >= 4 is 34.3 Å². The molecule has 0 radical (unpaired) electrons. The molecule has 0 unspecified atom stereocenters. The largest absolute Gasteiger partial charge is 0.365 e. The molecule has 5 heteroatoms. The number of amides is 1. The molecule has 0 bridgehead atoms. The zero-order valence-electron chi connectivity index (χ0n) is 10.9. The van der Waals surface area contributed by atoms with Gasteiger partial charge in [-0.2, -0.15) is 0 Å². The average Bonchev–Trinajstić information content (AvgIpc) is 2.47. The summed E-state index contributed by atoms with van der Waals surface area (Å²) in [6.07, 6.45) is 3.54. The van der Waals surface area contributed by atoms with Crippen molar-refractivity contribution in [3.05, 3.63) is 58.7 Å². The minimum atomic E-state index is -0.419. The van der Waals surface area contributed by atoms with Crippen molar-refractivity contribution in [2.45, 2.75) is 6.92 Å². The Kier molecular flexibility index (Phi) is 3.20. The number of thioether (sulfide) groups is 1. The molecule has 1 aliphatic rings. The van der Waals surface area contributed by atoms with Gasteiger partial charge in [-0.25, -0.2) is 0 Å². The Morgan fingerprint density at radius 1 is 1.30 bits per heavy atom. The number of aromatic nitrogens is 1. The minimum absolute atomic E-state index is 0.419. The van der Waals surface area contributed by atoms with Crippen LogP contribution >= 0.6 is 11.8 Å². The number of hydrogen-bond donors (Lipinski definition) is 1. The molecule has 1 aromatic heterocycles. The number of rotatable bonds is 2. The Morgan fingerprint density at radius 3 is 2.90 bits per heavy atom. The molecule has 1 amide bonds. The highest BCUT2D eigenvalue weighted by Gasteiger charge is 2.18. The lowest BCUT2D eigenvalue weighted by Crippen LogP contribution is -2.21. The van der Waals surface area contributed by atoms with Gasteiger partial charge in [-0.3, -0.25) is 9.78 Å². The van der Waals surface area contributed by atoms with E-state index in [1.807, 2.05) is 47.6 Å². The molecule has 3 rings (SSSR count). The van der Waals surface area contributed by atoms with E-state index >= 15 is 0 Å². The van der Waals surface area contributed by atoms with Crippen molar-refractivity contribution in [3.63, 3.8) is 0 Å². The third-order valence-electron chi connectivity index (χ3n) is 3.10. The fraction of sp³-hybridized carbons (Fsp3) is 0.0667. The van der Waals surface area contributed by atoms with Gasteiger partial charge in [0.1, 0.15) is 0 Å². The molecule has 100 valence electrons. The third-order valence-corrected chi connectivity index (χ3v) is 4.12. The molecule has 1 aromatic carbocycles. The maximum absolute atomic E-state index is 11.4. The number of nitrogens with zero attached hydrogens (tertiary/aromatic N) is 2. The highest BCUT2D eigenvalue weighted by molar-refractivity contribution is 8.06. The van der Waals surface area contributed by atoms with Gasteiger partial charge >= 0.3 is 0 Å². The van der Waals surface area contributed by atoms with E-state index in [4.69, 9.17) is 5.73 Å². The molecule has 0 atom stereocenters. The zero-order valence-corrected chi connectivity index (χ0v) is 11.7. The second-order valence-corrected chi connectivity index (χ2v) is 5.37. The molecule has 2 aromatic rings. The van der Waals surface area contributed by atoms with Gasteiger partial charge in [0.25, 0.3) is 5.91 Å². The SMILES string of the molecule is CC1=CSC(C(N)=O)=CN1c1cccc2cccnc12. The second kappa shape index (κ2) is 5.02. The van der Waals surface area contributed by atoms with Crippen molar-refractivity contribution in [1.82, 2.24) is 4.98 Å².